The molecule has 1 aromatic heterocycles. The number of fused-ring (bicyclic) bond motifs is 1. The highest BCUT2D eigenvalue weighted by Crippen LogP contribution is 2.24. The van der Waals surface area contributed by atoms with Gasteiger partial charge in [0.05, 0.1) is 0 Å². The second-order valence-corrected chi connectivity index (χ2v) is 3.67. The zero-order valence-corrected chi connectivity index (χ0v) is 8.36. The minimum atomic E-state index is 0.872. The molecule has 0 spiro atoms. The maximum Gasteiger partial charge on any atom is 0.0469 e. The first-order chi connectivity index (χ1) is 6.31. The number of aromatic nitrogens is 1. The van der Waals surface area contributed by atoms with Gasteiger partial charge in [-0.3, -0.25) is 0 Å². The number of hydrogen-bond donors (Lipinski definition) is 1. The summed E-state index contributed by atoms with van der Waals surface area (Å²) in [6.07, 6.45) is 4.13. The van der Waals surface area contributed by atoms with Gasteiger partial charge in [0.15, 0.2) is 0 Å². The van der Waals surface area contributed by atoms with Gasteiger partial charge in [0, 0.05) is 16.7 Å². The van der Waals surface area contributed by atoms with E-state index in [0.29, 0.717) is 0 Å². The van der Waals surface area contributed by atoms with Crippen LogP contribution in [0.15, 0.2) is 24.4 Å². The molecule has 1 aromatic carbocycles. The van der Waals surface area contributed by atoms with E-state index >= 15 is 0 Å². The van der Waals surface area contributed by atoms with E-state index in [-0.39, 0.29) is 0 Å². The normalized spacial score (nSPS) is 10.9. The van der Waals surface area contributed by atoms with E-state index in [1.807, 2.05) is 12.3 Å². The number of benzene rings is 1. The van der Waals surface area contributed by atoms with Crippen LogP contribution in [0.5, 0.6) is 0 Å². The van der Waals surface area contributed by atoms with Crippen LogP contribution in [0.1, 0.15) is 18.9 Å². The van der Waals surface area contributed by atoms with E-state index in [9.17, 15) is 0 Å². The van der Waals surface area contributed by atoms with Crippen molar-refractivity contribution in [1.29, 1.82) is 0 Å². The van der Waals surface area contributed by atoms with Crippen molar-refractivity contribution in [1.82, 2.24) is 4.98 Å². The van der Waals surface area contributed by atoms with Gasteiger partial charge in [-0.1, -0.05) is 24.9 Å². The second kappa shape index (κ2) is 3.43. The fourth-order valence-corrected chi connectivity index (χ4v) is 1.84. The largest absolute Gasteiger partial charge is 0.361 e. The molecule has 0 aliphatic rings. The van der Waals surface area contributed by atoms with Gasteiger partial charge in [0.2, 0.25) is 0 Å². The highest BCUT2D eigenvalue weighted by molar-refractivity contribution is 6.32. The van der Waals surface area contributed by atoms with Crippen LogP contribution >= 0.6 is 11.6 Å². The maximum absolute atomic E-state index is 6.12. The molecule has 0 saturated heterocycles. The molecule has 2 heteroatoms. The van der Waals surface area contributed by atoms with Gasteiger partial charge >= 0.3 is 0 Å². The van der Waals surface area contributed by atoms with Gasteiger partial charge in [-0.05, 0) is 35.6 Å². The molecule has 1 nitrogen and oxygen atoms in total. The molecule has 1 N–H and O–H groups in total. The summed E-state index contributed by atoms with van der Waals surface area (Å²) in [7, 11) is 0. The molecular formula is C11H12ClN. The Hall–Kier alpha value is -0.950. The predicted molar refractivity (Wildman–Crippen MR) is 57.3 cm³/mol. The van der Waals surface area contributed by atoms with Crippen LogP contribution in [0.3, 0.4) is 0 Å². The van der Waals surface area contributed by atoms with E-state index in [1.165, 1.54) is 10.9 Å². The number of nitrogens with one attached hydrogen (secondary N) is 1. The first-order valence-electron chi connectivity index (χ1n) is 4.57. The zero-order valence-electron chi connectivity index (χ0n) is 7.60. The molecule has 0 radical (unpaired) electrons. The lowest BCUT2D eigenvalue weighted by molar-refractivity contribution is 0.924. The quantitative estimate of drug-likeness (QED) is 0.748. The summed E-state index contributed by atoms with van der Waals surface area (Å²) in [6, 6.07) is 6.24. The summed E-state index contributed by atoms with van der Waals surface area (Å²) in [6.45, 7) is 2.16. The molecule has 2 rings (SSSR count). The summed E-state index contributed by atoms with van der Waals surface area (Å²) in [4.78, 5) is 3.15. The topological polar surface area (TPSA) is 15.8 Å². The van der Waals surface area contributed by atoms with Crippen molar-refractivity contribution in [2.24, 2.45) is 0 Å². The zero-order chi connectivity index (χ0) is 9.26. The molecular weight excluding hydrogens is 182 g/mol. The minimum absolute atomic E-state index is 0.872. The van der Waals surface area contributed by atoms with E-state index in [4.69, 9.17) is 11.6 Å². The summed E-state index contributed by atoms with van der Waals surface area (Å²) in [5.74, 6) is 0. The SMILES string of the molecule is CCCc1cc2cc[nH]c2cc1Cl. The van der Waals surface area contributed by atoms with Gasteiger partial charge in [-0.15, -0.1) is 0 Å². The lowest BCUT2D eigenvalue weighted by atomic mass is 10.1. The number of halogens is 1. The molecule has 0 bridgehead atoms. The Morgan fingerprint density at radius 3 is 3.00 bits per heavy atom. The molecule has 0 atom stereocenters. The molecule has 0 fully saturated rings. The van der Waals surface area contributed by atoms with Crippen LogP contribution in [-0.2, 0) is 6.42 Å². The molecule has 0 amide bonds. The van der Waals surface area contributed by atoms with Gasteiger partial charge in [-0.25, -0.2) is 0 Å². The third-order valence-electron chi connectivity index (χ3n) is 2.24. The van der Waals surface area contributed by atoms with E-state index in [0.717, 1.165) is 23.4 Å². The van der Waals surface area contributed by atoms with Crippen LogP contribution in [-0.4, -0.2) is 4.98 Å². The lowest BCUT2D eigenvalue weighted by Crippen LogP contribution is -1.84. The van der Waals surface area contributed by atoms with E-state index in [1.54, 1.807) is 0 Å². The predicted octanol–water partition coefficient (Wildman–Crippen LogP) is 3.77. The second-order valence-electron chi connectivity index (χ2n) is 3.26. The summed E-state index contributed by atoms with van der Waals surface area (Å²) < 4.78 is 0. The summed E-state index contributed by atoms with van der Waals surface area (Å²) >= 11 is 6.12. The third-order valence-corrected chi connectivity index (χ3v) is 2.59. The fraction of sp³-hybridized carbons (Fsp3) is 0.273. The lowest BCUT2D eigenvalue weighted by Gasteiger charge is -2.02. The Labute approximate surface area is 82.7 Å². The Kier molecular flexibility index (Phi) is 2.28. The van der Waals surface area contributed by atoms with E-state index in [2.05, 4.69) is 24.0 Å². The molecule has 0 unspecified atom stereocenters. The van der Waals surface area contributed by atoms with Crippen LogP contribution < -0.4 is 0 Å². The summed E-state index contributed by atoms with van der Waals surface area (Å²) in [5, 5.41) is 2.12. The first-order valence-corrected chi connectivity index (χ1v) is 4.94. The highest BCUT2D eigenvalue weighted by atomic mass is 35.5. The first kappa shape index (κ1) is 8.64. The van der Waals surface area contributed by atoms with Crippen molar-refractivity contribution < 1.29 is 0 Å². The van der Waals surface area contributed by atoms with Crippen LogP contribution in [0.2, 0.25) is 5.02 Å². The number of hydrogen-bond acceptors (Lipinski definition) is 0. The van der Waals surface area contributed by atoms with Crippen molar-refractivity contribution in [2.45, 2.75) is 19.8 Å². The molecule has 68 valence electrons. The number of H-pyrrole nitrogens is 1. The Balaban J connectivity index is 2.56. The fourth-order valence-electron chi connectivity index (χ4n) is 1.58. The van der Waals surface area contributed by atoms with Gasteiger partial charge in [0.1, 0.15) is 0 Å². The molecule has 0 aliphatic heterocycles. The van der Waals surface area contributed by atoms with Crippen LogP contribution in [0, 0.1) is 0 Å². The van der Waals surface area contributed by atoms with E-state index < -0.39 is 0 Å². The molecule has 0 aliphatic carbocycles. The Morgan fingerprint density at radius 2 is 2.23 bits per heavy atom. The molecule has 2 aromatic rings. The van der Waals surface area contributed by atoms with Crippen LogP contribution in [0.25, 0.3) is 10.9 Å². The maximum atomic E-state index is 6.12. The smallest absolute Gasteiger partial charge is 0.0469 e. The number of rotatable bonds is 2. The van der Waals surface area contributed by atoms with Crippen molar-refractivity contribution >= 4 is 22.5 Å². The van der Waals surface area contributed by atoms with Crippen LogP contribution in [0.4, 0.5) is 0 Å². The number of aryl methyl sites for hydroxylation is 1. The third kappa shape index (κ3) is 1.56. The minimum Gasteiger partial charge on any atom is -0.361 e. The standard InChI is InChI=1S/C11H12ClN/c1-2-3-8-6-9-4-5-13-11(9)7-10(8)12/h4-7,13H,2-3H2,1H3. The van der Waals surface area contributed by atoms with Gasteiger partial charge < -0.3 is 4.98 Å². The summed E-state index contributed by atoms with van der Waals surface area (Å²) in [5.41, 5.74) is 2.36. The Morgan fingerprint density at radius 1 is 1.38 bits per heavy atom. The van der Waals surface area contributed by atoms with Gasteiger partial charge in [0.25, 0.3) is 0 Å². The van der Waals surface area contributed by atoms with Crippen molar-refractivity contribution in [3.05, 3.63) is 35.0 Å². The number of aromatic amines is 1. The Bertz CT molecular complexity index is 417. The van der Waals surface area contributed by atoms with Crippen molar-refractivity contribution in [2.75, 3.05) is 0 Å². The van der Waals surface area contributed by atoms with Gasteiger partial charge in [-0.2, -0.15) is 0 Å². The average Bonchev–Trinajstić information content (AvgIpc) is 2.52. The molecule has 13 heavy (non-hydrogen) atoms. The van der Waals surface area contributed by atoms with Crippen molar-refractivity contribution in [3.63, 3.8) is 0 Å². The monoisotopic (exact) mass is 193 g/mol. The molecule has 0 saturated carbocycles. The average molecular weight is 194 g/mol. The highest BCUT2D eigenvalue weighted by Gasteiger charge is 2.02. The molecule has 1 heterocycles. The van der Waals surface area contributed by atoms with Crippen molar-refractivity contribution in [3.8, 4) is 0 Å².